The Morgan fingerprint density at radius 1 is 0.967 bits per heavy atom. The van der Waals surface area contributed by atoms with Crippen molar-refractivity contribution in [2.75, 3.05) is 6.61 Å². The predicted octanol–water partition coefficient (Wildman–Crippen LogP) is 1.04. The van der Waals surface area contributed by atoms with Crippen LogP contribution in [0, 0.1) is 0 Å². The Labute approximate surface area is 173 Å². The Balaban J connectivity index is 2.37. The molecule has 0 saturated heterocycles. The van der Waals surface area contributed by atoms with Gasteiger partial charge in [0.25, 0.3) is 0 Å². The maximum atomic E-state index is 12.0. The van der Waals surface area contributed by atoms with Gasteiger partial charge in [0.1, 0.15) is 6.61 Å². The zero-order valence-corrected chi connectivity index (χ0v) is 16.6. The molecule has 0 radical (unpaired) electrons. The van der Waals surface area contributed by atoms with E-state index in [4.69, 9.17) is 24.1 Å². The number of carboxylic acid groups (broad SMARTS) is 1. The van der Waals surface area contributed by atoms with Gasteiger partial charge >= 0.3 is 23.9 Å². The van der Waals surface area contributed by atoms with Crippen molar-refractivity contribution < 1.29 is 48.0 Å². The van der Waals surface area contributed by atoms with Crippen molar-refractivity contribution in [2.24, 2.45) is 0 Å². The van der Waals surface area contributed by atoms with E-state index in [1.165, 1.54) is 13.8 Å². The highest BCUT2D eigenvalue weighted by molar-refractivity contribution is 5.81. The first-order valence-corrected chi connectivity index (χ1v) is 9.12. The SMILES string of the molecule is CC(OCC(C=O)OC(=O)CCC(=O)O)C(=O)OC(C)C(=O)OCc1ccccc1. The van der Waals surface area contributed by atoms with E-state index < -0.39 is 61.6 Å². The maximum Gasteiger partial charge on any atom is 0.347 e. The van der Waals surface area contributed by atoms with E-state index in [2.05, 4.69) is 0 Å². The summed E-state index contributed by atoms with van der Waals surface area (Å²) in [5.74, 6) is -3.68. The van der Waals surface area contributed by atoms with E-state index >= 15 is 0 Å². The Morgan fingerprint density at radius 2 is 1.63 bits per heavy atom. The Bertz CT molecular complexity index is 730. The molecule has 0 aliphatic heterocycles. The van der Waals surface area contributed by atoms with Crippen LogP contribution in [-0.2, 0) is 49.5 Å². The van der Waals surface area contributed by atoms with Gasteiger partial charge in [0.15, 0.2) is 24.6 Å². The zero-order valence-electron chi connectivity index (χ0n) is 16.6. The van der Waals surface area contributed by atoms with E-state index in [-0.39, 0.29) is 6.61 Å². The summed E-state index contributed by atoms with van der Waals surface area (Å²) in [6.07, 6.45) is -4.20. The number of carbonyl (C=O) groups excluding carboxylic acids is 4. The molecule has 0 heterocycles. The molecule has 10 heteroatoms. The smallest absolute Gasteiger partial charge is 0.347 e. The number of benzene rings is 1. The number of carboxylic acids is 1. The lowest BCUT2D eigenvalue weighted by Gasteiger charge is -2.18. The molecule has 0 aromatic heterocycles. The number of hydrogen-bond donors (Lipinski definition) is 1. The molecule has 1 aromatic carbocycles. The molecule has 0 spiro atoms. The molecule has 10 nitrogen and oxygen atoms in total. The molecular weight excluding hydrogens is 400 g/mol. The van der Waals surface area contributed by atoms with Crippen molar-refractivity contribution in [1.82, 2.24) is 0 Å². The highest BCUT2D eigenvalue weighted by Gasteiger charge is 2.25. The summed E-state index contributed by atoms with van der Waals surface area (Å²) in [6, 6.07) is 8.96. The van der Waals surface area contributed by atoms with Gasteiger partial charge in [-0.05, 0) is 19.4 Å². The lowest BCUT2D eigenvalue weighted by atomic mass is 10.2. The van der Waals surface area contributed by atoms with Crippen LogP contribution in [0.25, 0.3) is 0 Å². The molecular formula is C20H24O10. The second-order valence-electron chi connectivity index (χ2n) is 6.21. The van der Waals surface area contributed by atoms with Crippen molar-refractivity contribution in [1.29, 1.82) is 0 Å². The minimum Gasteiger partial charge on any atom is -0.481 e. The lowest BCUT2D eigenvalue weighted by Crippen LogP contribution is -2.34. The second kappa shape index (κ2) is 13.0. The molecule has 0 bridgehead atoms. The summed E-state index contributed by atoms with van der Waals surface area (Å²) >= 11 is 0. The molecule has 0 aliphatic carbocycles. The topological polar surface area (TPSA) is 142 Å². The molecule has 0 fully saturated rings. The van der Waals surface area contributed by atoms with Crippen LogP contribution in [0.4, 0.5) is 0 Å². The quantitative estimate of drug-likeness (QED) is 0.277. The maximum absolute atomic E-state index is 12.0. The van der Waals surface area contributed by atoms with Gasteiger partial charge in [-0.3, -0.25) is 14.4 Å². The summed E-state index contributed by atoms with van der Waals surface area (Å²) in [6.45, 7) is 2.27. The predicted molar refractivity (Wildman–Crippen MR) is 100 cm³/mol. The molecule has 0 saturated carbocycles. The number of aliphatic carboxylic acids is 1. The van der Waals surface area contributed by atoms with Crippen LogP contribution in [0.3, 0.4) is 0 Å². The fourth-order valence-corrected chi connectivity index (χ4v) is 2.01. The number of rotatable bonds is 13. The van der Waals surface area contributed by atoms with Crippen LogP contribution in [0.1, 0.15) is 32.3 Å². The number of aldehydes is 1. The van der Waals surface area contributed by atoms with Gasteiger partial charge in [0.05, 0.1) is 19.4 Å². The molecule has 3 atom stereocenters. The number of ether oxygens (including phenoxy) is 4. The first-order chi connectivity index (χ1) is 14.2. The van der Waals surface area contributed by atoms with Crippen molar-refractivity contribution in [3.63, 3.8) is 0 Å². The van der Waals surface area contributed by atoms with E-state index in [0.29, 0.717) is 6.29 Å². The summed E-state index contributed by atoms with van der Waals surface area (Å²) in [7, 11) is 0. The summed E-state index contributed by atoms with van der Waals surface area (Å²) in [4.78, 5) is 56.8. The summed E-state index contributed by atoms with van der Waals surface area (Å²) < 4.78 is 19.9. The Kier molecular flexibility index (Phi) is 10.8. The first-order valence-electron chi connectivity index (χ1n) is 9.12. The third-order valence-electron chi connectivity index (χ3n) is 3.67. The molecule has 164 valence electrons. The van der Waals surface area contributed by atoms with E-state index in [9.17, 15) is 24.0 Å². The standard InChI is InChI=1S/C20H24O10/c1-13(27-12-16(10-21)30-18(24)9-8-17(22)23)20(26)29-14(2)19(25)28-11-15-6-4-3-5-7-15/h3-7,10,13-14,16H,8-9,11-12H2,1-2H3,(H,22,23). The highest BCUT2D eigenvalue weighted by Crippen LogP contribution is 2.06. The molecule has 30 heavy (non-hydrogen) atoms. The van der Waals surface area contributed by atoms with Crippen LogP contribution < -0.4 is 0 Å². The minimum absolute atomic E-state index is 0.0296. The van der Waals surface area contributed by atoms with E-state index in [1.807, 2.05) is 6.07 Å². The number of carbonyl (C=O) groups is 5. The van der Waals surface area contributed by atoms with Crippen molar-refractivity contribution in [3.8, 4) is 0 Å². The molecule has 1 aromatic rings. The normalized spacial score (nSPS) is 13.4. The molecule has 3 unspecified atom stereocenters. The largest absolute Gasteiger partial charge is 0.481 e. The van der Waals surface area contributed by atoms with Crippen LogP contribution in [0.15, 0.2) is 30.3 Å². The molecule has 1 N–H and O–H groups in total. The highest BCUT2D eigenvalue weighted by atomic mass is 16.6. The van der Waals surface area contributed by atoms with Gasteiger partial charge in [-0.25, -0.2) is 9.59 Å². The van der Waals surface area contributed by atoms with Crippen molar-refractivity contribution >= 4 is 30.2 Å². The van der Waals surface area contributed by atoms with Gasteiger partial charge < -0.3 is 24.1 Å². The summed E-state index contributed by atoms with van der Waals surface area (Å²) in [5, 5.41) is 8.51. The number of esters is 3. The second-order valence-corrected chi connectivity index (χ2v) is 6.21. The molecule has 1 rings (SSSR count). The van der Waals surface area contributed by atoms with Gasteiger partial charge in [-0.1, -0.05) is 30.3 Å². The third kappa shape index (κ3) is 9.78. The van der Waals surface area contributed by atoms with Gasteiger partial charge in [0, 0.05) is 0 Å². The zero-order chi connectivity index (χ0) is 22.5. The fourth-order valence-electron chi connectivity index (χ4n) is 2.01. The van der Waals surface area contributed by atoms with Crippen LogP contribution in [0.5, 0.6) is 0 Å². The Hall–Kier alpha value is -3.27. The van der Waals surface area contributed by atoms with Crippen LogP contribution in [0.2, 0.25) is 0 Å². The molecule has 0 aliphatic rings. The van der Waals surface area contributed by atoms with Gasteiger partial charge in [-0.15, -0.1) is 0 Å². The average Bonchev–Trinajstić information content (AvgIpc) is 2.73. The monoisotopic (exact) mass is 424 g/mol. The third-order valence-corrected chi connectivity index (χ3v) is 3.67. The molecule has 0 amide bonds. The minimum atomic E-state index is -1.31. The Morgan fingerprint density at radius 3 is 2.23 bits per heavy atom. The van der Waals surface area contributed by atoms with Crippen LogP contribution in [-0.4, -0.2) is 60.2 Å². The summed E-state index contributed by atoms with van der Waals surface area (Å²) in [5.41, 5.74) is 0.777. The number of hydrogen-bond acceptors (Lipinski definition) is 9. The van der Waals surface area contributed by atoms with E-state index in [0.717, 1.165) is 5.56 Å². The van der Waals surface area contributed by atoms with Gasteiger partial charge in [-0.2, -0.15) is 0 Å². The fraction of sp³-hybridized carbons (Fsp3) is 0.450. The first kappa shape index (κ1) is 24.8. The van der Waals surface area contributed by atoms with Crippen molar-refractivity contribution in [2.45, 2.75) is 51.6 Å². The van der Waals surface area contributed by atoms with Crippen molar-refractivity contribution in [3.05, 3.63) is 35.9 Å². The average molecular weight is 424 g/mol. The van der Waals surface area contributed by atoms with Crippen LogP contribution >= 0.6 is 0 Å². The lowest BCUT2D eigenvalue weighted by molar-refractivity contribution is -0.176. The van der Waals surface area contributed by atoms with Gasteiger partial charge in [0.2, 0.25) is 0 Å². The van der Waals surface area contributed by atoms with E-state index in [1.54, 1.807) is 24.3 Å².